The van der Waals surface area contributed by atoms with Crippen LogP contribution in [0.4, 0.5) is 0 Å². The molecule has 0 spiro atoms. The summed E-state index contributed by atoms with van der Waals surface area (Å²) >= 11 is 0. The number of nitrogens with zero attached hydrogens (tertiary/aromatic N) is 4. The number of para-hydroxylation sites is 1. The Morgan fingerprint density at radius 3 is 2.73 bits per heavy atom. The highest BCUT2D eigenvalue weighted by molar-refractivity contribution is 5.96. The number of benzene rings is 1. The lowest BCUT2D eigenvalue weighted by molar-refractivity contribution is 0.231. The first-order valence-electron chi connectivity index (χ1n) is 8.64. The van der Waals surface area contributed by atoms with E-state index in [4.69, 9.17) is 4.74 Å². The van der Waals surface area contributed by atoms with Gasteiger partial charge in [-0.25, -0.2) is 0 Å². The van der Waals surface area contributed by atoms with Gasteiger partial charge in [-0.2, -0.15) is 4.98 Å². The monoisotopic (exact) mass is 344 g/mol. The van der Waals surface area contributed by atoms with Crippen LogP contribution in [-0.4, -0.2) is 25.6 Å². The van der Waals surface area contributed by atoms with Crippen LogP contribution in [0.5, 0.6) is 5.88 Å². The van der Waals surface area contributed by atoms with Crippen LogP contribution in [0, 0.1) is 6.92 Å². The Balaban J connectivity index is 1.89. The Labute approximate surface area is 152 Å². The van der Waals surface area contributed by atoms with Crippen molar-refractivity contribution in [1.82, 2.24) is 19.5 Å². The van der Waals surface area contributed by atoms with Gasteiger partial charge >= 0.3 is 0 Å². The maximum absolute atomic E-state index is 5.70. The van der Waals surface area contributed by atoms with E-state index in [9.17, 15) is 0 Å². The van der Waals surface area contributed by atoms with E-state index >= 15 is 0 Å². The minimum atomic E-state index is 0.0491. The first-order chi connectivity index (χ1) is 12.6. The number of aryl methyl sites for hydroxylation is 1. The summed E-state index contributed by atoms with van der Waals surface area (Å²) in [6.45, 7) is 6.02. The number of hydrogen-bond acceptors (Lipinski definition) is 4. The molecule has 0 bridgehead atoms. The molecule has 0 saturated carbocycles. The van der Waals surface area contributed by atoms with Crippen LogP contribution in [0.1, 0.15) is 19.4 Å². The molecule has 5 nitrogen and oxygen atoms in total. The smallest absolute Gasteiger partial charge is 0.234 e. The van der Waals surface area contributed by atoms with Gasteiger partial charge in [0.05, 0.1) is 29.7 Å². The molecule has 26 heavy (non-hydrogen) atoms. The van der Waals surface area contributed by atoms with Crippen LogP contribution < -0.4 is 4.74 Å². The largest absolute Gasteiger partial charge is 0.474 e. The van der Waals surface area contributed by atoms with E-state index in [-0.39, 0.29) is 6.10 Å². The zero-order chi connectivity index (χ0) is 18.1. The standard InChI is InChI=1S/C21H20N4O/c1-14(2)26-21-12-22-11-20(24-21)25-13-17(16-6-4-5-7-19(16)25)18-10-15(3)8-9-23-18/h4-14H,1-3H3. The molecule has 0 fully saturated rings. The SMILES string of the molecule is Cc1ccnc(-c2cn(-c3cncc(OC(C)C)n3)c3ccccc23)c1. The molecule has 4 aromatic rings. The average molecular weight is 344 g/mol. The molecule has 0 radical (unpaired) electrons. The van der Waals surface area contributed by atoms with Gasteiger partial charge in [-0.3, -0.25) is 14.5 Å². The van der Waals surface area contributed by atoms with Gasteiger partial charge in [-0.15, -0.1) is 0 Å². The van der Waals surface area contributed by atoms with Crippen molar-refractivity contribution in [1.29, 1.82) is 0 Å². The quantitative estimate of drug-likeness (QED) is 0.544. The van der Waals surface area contributed by atoms with Crippen molar-refractivity contribution >= 4 is 10.9 Å². The molecule has 0 aliphatic heterocycles. The zero-order valence-corrected chi connectivity index (χ0v) is 15.0. The lowest BCUT2D eigenvalue weighted by Gasteiger charge is -2.10. The third-order valence-corrected chi connectivity index (χ3v) is 4.11. The van der Waals surface area contributed by atoms with Crippen LogP contribution in [0.3, 0.4) is 0 Å². The maximum atomic E-state index is 5.70. The molecular formula is C21H20N4O. The third kappa shape index (κ3) is 3.04. The summed E-state index contributed by atoms with van der Waals surface area (Å²) in [6, 6.07) is 12.3. The summed E-state index contributed by atoms with van der Waals surface area (Å²) in [5, 5.41) is 1.13. The van der Waals surface area contributed by atoms with Crippen molar-refractivity contribution in [2.45, 2.75) is 26.9 Å². The van der Waals surface area contributed by atoms with E-state index in [0.717, 1.165) is 28.0 Å². The van der Waals surface area contributed by atoms with Gasteiger partial charge in [0.2, 0.25) is 5.88 Å². The van der Waals surface area contributed by atoms with Crippen LogP contribution in [0.15, 0.2) is 61.2 Å². The van der Waals surface area contributed by atoms with Gasteiger partial charge in [0.25, 0.3) is 0 Å². The molecule has 0 aliphatic rings. The Hall–Kier alpha value is -3.21. The fourth-order valence-electron chi connectivity index (χ4n) is 3.01. The van der Waals surface area contributed by atoms with Gasteiger partial charge in [0.1, 0.15) is 0 Å². The average Bonchev–Trinajstić information content (AvgIpc) is 3.01. The first-order valence-corrected chi connectivity index (χ1v) is 8.64. The zero-order valence-electron chi connectivity index (χ0n) is 15.0. The molecular weight excluding hydrogens is 324 g/mol. The van der Waals surface area contributed by atoms with E-state index in [2.05, 4.69) is 46.3 Å². The number of hydrogen-bond donors (Lipinski definition) is 0. The lowest BCUT2D eigenvalue weighted by atomic mass is 10.1. The van der Waals surface area contributed by atoms with Crippen molar-refractivity contribution in [3.05, 3.63) is 66.7 Å². The minimum Gasteiger partial charge on any atom is -0.474 e. The molecule has 4 rings (SSSR count). The third-order valence-electron chi connectivity index (χ3n) is 4.11. The molecule has 130 valence electrons. The number of pyridine rings is 1. The van der Waals surface area contributed by atoms with Crippen molar-refractivity contribution in [3.63, 3.8) is 0 Å². The van der Waals surface area contributed by atoms with E-state index < -0.39 is 0 Å². The molecule has 0 N–H and O–H groups in total. The van der Waals surface area contributed by atoms with Gasteiger partial charge < -0.3 is 4.74 Å². The van der Waals surface area contributed by atoms with Crippen molar-refractivity contribution in [3.8, 4) is 23.0 Å². The summed E-state index contributed by atoms with van der Waals surface area (Å²) in [4.78, 5) is 13.5. The molecule has 0 saturated heterocycles. The Bertz CT molecular complexity index is 1070. The predicted molar refractivity (Wildman–Crippen MR) is 103 cm³/mol. The Kier molecular flexibility index (Phi) is 4.13. The topological polar surface area (TPSA) is 52.8 Å². The van der Waals surface area contributed by atoms with E-state index in [1.54, 1.807) is 12.4 Å². The highest BCUT2D eigenvalue weighted by Gasteiger charge is 2.14. The Morgan fingerprint density at radius 1 is 1.08 bits per heavy atom. The first kappa shape index (κ1) is 16.3. The Morgan fingerprint density at radius 2 is 1.92 bits per heavy atom. The fourth-order valence-corrected chi connectivity index (χ4v) is 3.01. The second-order valence-electron chi connectivity index (χ2n) is 6.53. The van der Waals surface area contributed by atoms with E-state index in [1.807, 2.05) is 42.8 Å². The second kappa shape index (κ2) is 6.59. The minimum absolute atomic E-state index is 0.0491. The van der Waals surface area contributed by atoms with Crippen LogP contribution in [0.2, 0.25) is 0 Å². The fraction of sp³-hybridized carbons (Fsp3) is 0.190. The van der Waals surface area contributed by atoms with Gasteiger partial charge in [0, 0.05) is 23.3 Å². The molecule has 0 amide bonds. The molecule has 5 heteroatoms. The molecule has 3 heterocycles. The molecule has 0 aliphatic carbocycles. The number of ether oxygens (including phenoxy) is 1. The summed E-state index contributed by atoms with van der Waals surface area (Å²) in [7, 11) is 0. The normalized spacial score (nSPS) is 11.2. The van der Waals surface area contributed by atoms with Gasteiger partial charge in [-0.1, -0.05) is 18.2 Å². The van der Waals surface area contributed by atoms with E-state index in [1.165, 1.54) is 5.56 Å². The highest BCUT2D eigenvalue weighted by Crippen LogP contribution is 2.31. The highest BCUT2D eigenvalue weighted by atomic mass is 16.5. The summed E-state index contributed by atoms with van der Waals surface area (Å²) in [5.74, 6) is 1.24. The molecule has 0 atom stereocenters. The molecule has 1 aromatic carbocycles. The summed E-state index contributed by atoms with van der Waals surface area (Å²) in [6.07, 6.45) is 7.34. The van der Waals surface area contributed by atoms with Crippen LogP contribution >= 0.6 is 0 Å². The number of rotatable bonds is 4. The predicted octanol–water partition coefficient (Wildman–Crippen LogP) is 4.58. The summed E-state index contributed by atoms with van der Waals surface area (Å²) in [5.41, 5.74) is 4.25. The summed E-state index contributed by atoms with van der Waals surface area (Å²) < 4.78 is 7.73. The van der Waals surface area contributed by atoms with Crippen molar-refractivity contribution in [2.75, 3.05) is 0 Å². The molecule has 3 aromatic heterocycles. The van der Waals surface area contributed by atoms with Crippen molar-refractivity contribution in [2.24, 2.45) is 0 Å². The van der Waals surface area contributed by atoms with Crippen molar-refractivity contribution < 1.29 is 4.74 Å². The van der Waals surface area contributed by atoms with Crippen LogP contribution in [-0.2, 0) is 0 Å². The lowest BCUT2D eigenvalue weighted by Crippen LogP contribution is -2.08. The van der Waals surface area contributed by atoms with Crippen LogP contribution in [0.25, 0.3) is 28.0 Å². The van der Waals surface area contributed by atoms with Gasteiger partial charge in [-0.05, 0) is 44.5 Å². The maximum Gasteiger partial charge on any atom is 0.234 e. The number of fused-ring (bicyclic) bond motifs is 1. The molecule has 0 unspecified atom stereocenters. The van der Waals surface area contributed by atoms with Gasteiger partial charge in [0.15, 0.2) is 5.82 Å². The second-order valence-corrected chi connectivity index (χ2v) is 6.53. The van der Waals surface area contributed by atoms with E-state index in [0.29, 0.717) is 5.88 Å². The number of aromatic nitrogens is 4.